The van der Waals surface area contributed by atoms with Crippen molar-refractivity contribution < 1.29 is 19.4 Å². The zero-order chi connectivity index (χ0) is 17.9. The van der Waals surface area contributed by atoms with E-state index < -0.39 is 12.1 Å². The number of rotatable bonds is 5. The Labute approximate surface area is 145 Å². The van der Waals surface area contributed by atoms with Crippen molar-refractivity contribution in [2.75, 3.05) is 6.54 Å². The third-order valence-electron chi connectivity index (χ3n) is 3.12. The fraction of sp³-hybridized carbons (Fsp3) is 0.100. The number of hydrogen-bond acceptors (Lipinski definition) is 3. The number of aliphatic carboxylic acids is 1. The van der Waals surface area contributed by atoms with Crippen molar-refractivity contribution in [1.29, 1.82) is 0 Å². The molecule has 0 aliphatic carbocycles. The number of carboxylic acid groups (broad SMARTS) is 1. The number of benzene rings is 2. The Kier molecular flexibility index (Phi) is 6.83. The van der Waals surface area contributed by atoms with Gasteiger partial charge in [-0.25, -0.2) is 9.59 Å². The first-order valence-electron chi connectivity index (χ1n) is 7.58. The minimum absolute atomic E-state index is 0.130. The van der Waals surface area contributed by atoms with Crippen LogP contribution < -0.4 is 5.32 Å². The smallest absolute Gasteiger partial charge is 0.408 e. The van der Waals surface area contributed by atoms with Gasteiger partial charge in [-0.05, 0) is 23.3 Å². The molecule has 0 radical (unpaired) electrons. The van der Waals surface area contributed by atoms with Crippen molar-refractivity contribution in [1.82, 2.24) is 5.32 Å². The molecule has 5 heteroatoms. The van der Waals surface area contributed by atoms with Gasteiger partial charge in [-0.1, -0.05) is 60.4 Å². The van der Waals surface area contributed by atoms with Gasteiger partial charge in [-0.3, -0.25) is 0 Å². The molecule has 0 aliphatic rings. The first-order valence-corrected chi connectivity index (χ1v) is 7.58. The minimum Gasteiger partial charge on any atom is -0.478 e. The number of ether oxygens (including phenoxy) is 1. The summed E-state index contributed by atoms with van der Waals surface area (Å²) in [7, 11) is 0. The zero-order valence-electron chi connectivity index (χ0n) is 13.4. The van der Waals surface area contributed by atoms with E-state index in [9.17, 15) is 9.59 Å². The number of carbonyl (C=O) groups is 2. The zero-order valence-corrected chi connectivity index (χ0v) is 13.4. The molecule has 0 fully saturated rings. The Bertz CT molecular complexity index is 816. The van der Waals surface area contributed by atoms with Gasteiger partial charge in [0.15, 0.2) is 0 Å². The van der Waals surface area contributed by atoms with E-state index in [0.717, 1.165) is 11.6 Å². The number of carbonyl (C=O) groups excluding carboxylic acids is 1. The Hall–Kier alpha value is -3.52. The maximum atomic E-state index is 11.6. The van der Waals surface area contributed by atoms with Crippen molar-refractivity contribution in [3.8, 4) is 11.8 Å². The molecule has 0 bridgehead atoms. The summed E-state index contributed by atoms with van der Waals surface area (Å²) in [4.78, 5) is 22.2. The predicted molar refractivity (Wildman–Crippen MR) is 94.6 cm³/mol. The average molecular weight is 335 g/mol. The number of nitrogens with one attached hydrogen (secondary N) is 1. The molecule has 0 heterocycles. The minimum atomic E-state index is -1.02. The van der Waals surface area contributed by atoms with Crippen LogP contribution in [0.25, 0.3) is 6.08 Å². The van der Waals surface area contributed by atoms with Gasteiger partial charge in [0.05, 0.1) is 6.54 Å². The van der Waals surface area contributed by atoms with Crippen LogP contribution in [0, 0.1) is 11.8 Å². The fourth-order valence-corrected chi connectivity index (χ4v) is 1.95. The first-order chi connectivity index (χ1) is 12.1. The monoisotopic (exact) mass is 335 g/mol. The van der Waals surface area contributed by atoms with Crippen LogP contribution in [0.3, 0.4) is 0 Å². The van der Waals surface area contributed by atoms with E-state index in [4.69, 9.17) is 9.84 Å². The number of carboxylic acids is 1. The molecule has 0 spiro atoms. The molecule has 25 heavy (non-hydrogen) atoms. The molecule has 126 valence electrons. The van der Waals surface area contributed by atoms with E-state index in [0.29, 0.717) is 11.1 Å². The quantitative estimate of drug-likeness (QED) is 0.650. The number of hydrogen-bond donors (Lipinski definition) is 2. The Morgan fingerprint density at radius 2 is 1.80 bits per heavy atom. The highest BCUT2D eigenvalue weighted by Crippen LogP contribution is 2.09. The summed E-state index contributed by atoms with van der Waals surface area (Å²) in [6, 6.07) is 16.5. The summed E-state index contributed by atoms with van der Waals surface area (Å²) in [6.45, 7) is 0.327. The van der Waals surface area contributed by atoms with Crippen LogP contribution in [0.5, 0.6) is 0 Å². The van der Waals surface area contributed by atoms with Crippen molar-refractivity contribution in [3.63, 3.8) is 0 Å². The SMILES string of the molecule is O=C(O)/C=C/c1ccccc1C#CCNC(=O)OCc1ccccc1. The van der Waals surface area contributed by atoms with Crippen molar-refractivity contribution in [3.05, 3.63) is 77.4 Å². The first kappa shape index (κ1) is 17.8. The molecule has 0 atom stereocenters. The molecule has 0 unspecified atom stereocenters. The standard InChI is InChI=1S/C20H17NO4/c22-19(23)13-12-18-10-5-4-9-17(18)11-6-14-21-20(24)25-15-16-7-2-1-3-8-16/h1-5,7-10,12-13H,14-15H2,(H,21,24)(H,22,23)/b13-12+. The molecule has 2 aromatic carbocycles. The van der Waals surface area contributed by atoms with Gasteiger partial charge < -0.3 is 15.2 Å². The molecule has 1 amide bonds. The van der Waals surface area contributed by atoms with E-state index in [1.807, 2.05) is 36.4 Å². The molecule has 2 aromatic rings. The van der Waals surface area contributed by atoms with E-state index in [1.54, 1.807) is 18.2 Å². The van der Waals surface area contributed by atoms with E-state index in [1.165, 1.54) is 6.08 Å². The van der Waals surface area contributed by atoms with E-state index in [-0.39, 0.29) is 13.2 Å². The van der Waals surface area contributed by atoms with Crippen LogP contribution in [-0.2, 0) is 16.1 Å². The Morgan fingerprint density at radius 1 is 1.08 bits per heavy atom. The van der Waals surface area contributed by atoms with Crippen LogP contribution >= 0.6 is 0 Å². The lowest BCUT2D eigenvalue weighted by atomic mass is 10.1. The van der Waals surface area contributed by atoms with Crippen LogP contribution in [-0.4, -0.2) is 23.7 Å². The molecule has 0 saturated carbocycles. The molecule has 0 aliphatic heterocycles. The third-order valence-corrected chi connectivity index (χ3v) is 3.12. The summed E-state index contributed by atoms with van der Waals surface area (Å²) in [5.74, 6) is 4.69. The highest BCUT2D eigenvalue weighted by atomic mass is 16.5. The second-order valence-electron chi connectivity index (χ2n) is 4.98. The molecule has 2 rings (SSSR count). The van der Waals surface area contributed by atoms with Crippen molar-refractivity contribution in [2.45, 2.75) is 6.61 Å². The highest BCUT2D eigenvalue weighted by Gasteiger charge is 2.00. The lowest BCUT2D eigenvalue weighted by Crippen LogP contribution is -2.24. The third kappa shape index (κ3) is 6.63. The molecule has 0 aromatic heterocycles. The topological polar surface area (TPSA) is 75.6 Å². The largest absolute Gasteiger partial charge is 0.478 e. The Morgan fingerprint density at radius 3 is 2.56 bits per heavy atom. The molecular weight excluding hydrogens is 318 g/mol. The van der Waals surface area contributed by atoms with E-state index >= 15 is 0 Å². The van der Waals surface area contributed by atoms with Gasteiger partial charge in [-0.2, -0.15) is 0 Å². The summed E-state index contributed by atoms with van der Waals surface area (Å²) in [6.07, 6.45) is 1.99. The van der Waals surface area contributed by atoms with Gasteiger partial charge in [0.1, 0.15) is 6.61 Å². The predicted octanol–water partition coefficient (Wildman–Crippen LogP) is 3.06. The van der Waals surface area contributed by atoms with Crippen molar-refractivity contribution in [2.24, 2.45) is 0 Å². The molecule has 5 nitrogen and oxygen atoms in total. The van der Waals surface area contributed by atoms with Crippen LogP contribution in [0.2, 0.25) is 0 Å². The van der Waals surface area contributed by atoms with Gasteiger partial charge >= 0.3 is 12.1 Å². The van der Waals surface area contributed by atoms with Gasteiger partial charge in [0, 0.05) is 11.6 Å². The Balaban J connectivity index is 1.84. The second kappa shape index (κ2) is 9.58. The van der Waals surface area contributed by atoms with Crippen LogP contribution in [0.4, 0.5) is 4.79 Å². The molecule has 0 saturated heterocycles. The average Bonchev–Trinajstić information content (AvgIpc) is 2.63. The highest BCUT2D eigenvalue weighted by molar-refractivity contribution is 5.85. The summed E-state index contributed by atoms with van der Waals surface area (Å²) >= 11 is 0. The molecular formula is C20H17NO4. The van der Waals surface area contributed by atoms with Gasteiger partial charge in [0.2, 0.25) is 0 Å². The summed E-state index contributed by atoms with van der Waals surface area (Å²) in [5.41, 5.74) is 2.28. The number of amides is 1. The summed E-state index contributed by atoms with van der Waals surface area (Å²) in [5, 5.41) is 11.2. The van der Waals surface area contributed by atoms with Gasteiger partial charge in [0.25, 0.3) is 0 Å². The maximum absolute atomic E-state index is 11.6. The van der Waals surface area contributed by atoms with Crippen LogP contribution in [0.15, 0.2) is 60.7 Å². The second-order valence-corrected chi connectivity index (χ2v) is 4.98. The lowest BCUT2D eigenvalue weighted by Gasteiger charge is -2.04. The number of alkyl carbamates (subject to hydrolysis) is 1. The molecule has 2 N–H and O–H groups in total. The van der Waals surface area contributed by atoms with Gasteiger partial charge in [-0.15, -0.1) is 0 Å². The fourth-order valence-electron chi connectivity index (χ4n) is 1.95. The van der Waals surface area contributed by atoms with Crippen molar-refractivity contribution >= 4 is 18.1 Å². The lowest BCUT2D eigenvalue weighted by molar-refractivity contribution is -0.131. The van der Waals surface area contributed by atoms with Crippen LogP contribution in [0.1, 0.15) is 16.7 Å². The maximum Gasteiger partial charge on any atom is 0.408 e. The normalized spacial score (nSPS) is 9.92. The van der Waals surface area contributed by atoms with E-state index in [2.05, 4.69) is 17.2 Å². The summed E-state index contributed by atoms with van der Waals surface area (Å²) < 4.78 is 5.07.